The Kier molecular flexibility index (Phi) is 5.83. The zero-order valence-electron chi connectivity index (χ0n) is 13.9. The van der Waals surface area contributed by atoms with Gasteiger partial charge in [-0.3, -0.25) is 0 Å². The molecule has 1 N–H and O–H groups in total. The van der Waals surface area contributed by atoms with Crippen LogP contribution in [0.1, 0.15) is 46.1 Å². The third kappa shape index (κ3) is 4.55. The summed E-state index contributed by atoms with van der Waals surface area (Å²) in [6, 6.07) is 8.80. The second kappa shape index (κ2) is 7.42. The number of fused-ring (bicyclic) bond motifs is 1. The molecule has 1 atom stereocenters. The van der Waals surface area contributed by atoms with E-state index >= 15 is 0 Å². The molecule has 1 aromatic carbocycles. The zero-order chi connectivity index (χ0) is 15.3. The standard InChI is InChI=1S/C19H29NS/c1-5-10-19(4,14-20-12-15(2)3)11-16-13-21-18-9-7-6-8-17(16)18/h6-9,13,15,20H,5,10-12,14H2,1-4H3. The summed E-state index contributed by atoms with van der Waals surface area (Å²) in [5, 5.41) is 7.49. The highest BCUT2D eigenvalue weighted by molar-refractivity contribution is 7.17. The highest BCUT2D eigenvalue weighted by Crippen LogP contribution is 2.33. The summed E-state index contributed by atoms with van der Waals surface area (Å²) in [7, 11) is 0. The molecular weight excluding hydrogens is 274 g/mol. The van der Waals surface area contributed by atoms with Gasteiger partial charge in [-0.25, -0.2) is 0 Å². The Labute approximate surface area is 133 Å². The van der Waals surface area contributed by atoms with Crippen LogP contribution in [0.2, 0.25) is 0 Å². The number of hydrogen-bond acceptors (Lipinski definition) is 2. The molecule has 0 aliphatic rings. The van der Waals surface area contributed by atoms with Gasteiger partial charge >= 0.3 is 0 Å². The lowest BCUT2D eigenvalue weighted by atomic mass is 9.79. The van der Waals surface area contributed by atoms with Crippen molar-refractivity contribution in [1.29, 1.82) is 0 Å². The average Bonchev–Trinajstić information content (AvgIpc) is 2.82. The zero-order valence-corrected chi connectivity index (χ0v) is 14.7. The molecule has 0 saturated carbocycles. The van der Waals surface area contributed by atoms with Gasteiger partial charge in [0.25, 0.3) is 0 Å². The topological polar surface area (TPSA) is 12.0 Å². The van der Waals surface area contributed by atoms with E-state index in [0.717, 1.165) is 19.0 Å². The number of benzene rings is 1. The molecule has 1 heterocycles. The molecule has 1 nitrogen and oxygen atoms in total. The molecule has 116 valence electrons. The van der Waals surface area contributed by atoms with E-state index in [1.807, 2.05) is 11.3 Å². The second-order valence-electron chi connectivity index (χ2n) is 7.02. The van der Waals surface area contributed by atoms with Crippen molar-refractivity contribution < 1.29 is 0 Å². The van der Waals surface area contributed by atoms with Crippen molar-refractivity contribution in [2.75, 3.05) is 13.1 Å². The van der Waals surface area contributed by atoms with Crippen LogP contribution >= 0.6 is 11.3 Å². The summed E-state index contributed by atoms with van der Waals surface area (Å²) in [4.78, 5) is 0. The molecular formula is C19H29NS. The molecule has 0 amide bonds. The van der Waals surface area contributed by atoms with E-state index in [9.17, 15) is 0 Å². The van der Waals surface area contributed by atoms with Crippen molar-refractivity contribution in [2.45, 2.75) is 47.0 Å². The van der Waals surface area contributed by atoms with Crippen LogP contribution in [0.3, 0.4) is 0 Å². The van der Waals surface area contributed by atoms with Crippen LogP contribution in [0.15, 0.2) is 29.6 Å². The smallest absolute Gasteiger partial charge is 0.0345 e. The molecule has 0 spiro atoms. The van der Waals surface area contributed by atoms with Gasteiger partial charge in [-0.15, -0.1) is 11.3 Å². The summed E-state index contributed by atoms with van der Waals surface area (Å²) in [6.07, 6.45) is 3.71. The minimum Gasteiger partial charge on any atom is -0.316 e. The Bertz CT molecular complexity index is 557. The van der Waals surface area contributed by atoms with Crippen LogP contribution in [0.25, 0.3) is 10.1 Å². The summed E-state index contributed by atoms with van der Waals surface area (Å²) >= 11 is 1.88. The molecule has 0 fully saturated rings. The Hall–Kier alpha value is -0.860. The predicted molar refractivity (Wildman–Crippen MR) is 96.3 cm³/mol. The Morgan fingerprint density at radius 1 is 1.24 bits per heavy atom. The van der Waals surface area contributed by atoms with Crippen molar-refractivity contribution in [3.8, 4) is 0 Å². The van der Waals surface area contributed by atoms with Gasteiger partial charge in [-0.05, 0) is 53.1 Å². The maximum absolute atomic E-state index is 3.67. The minimum atomic E-state index is 0.355. The summed E-state index contributed by atoms with van der Waals surface area (Å²) in [5.41, 5.74) is 1.88. The normalized spacial score (nSPS) is 14.7. The second-order valence-corrected chi connectivity index (χ2v) is 7.93. The van der Waals surface area contributed by atoms with E-state index < -0.39 is 0 Å². The van der Waals surface area contributed by atoms with Crippen molar-refractivity contribution in [1.82, 2.24) is 5.32 Å². The highest BCUT2D eigenvalue weighted by atomic mass is 32.1. The summed E-state index contributed by atoms with van der Waals surface area (Å²) in [5.74, 6) is 0.720. The molecule has 2 rings (SSSR count). The quantitative estimate of drug-likeness (QED) is 0.679. The summed E-state index contributed by atoms with van der Waals surface area (Å²) in [6.45, 7) is 11.5. The fourth-order valence-corrected chi connectivity index (χ4v) is 4.10. The van der Waals surface area contributed by atoms with Crippen molar-refractivity contribution >= 4 is 21.4 Å². The van der Waals surface area contributed by atoms with Gasteiger partial charge in [0.2, 0.25) is 0 Å². The van der Waals surface area contributed by atoms with Gasteiger partial charge in [-0.2, -0.15) is 0 Å². The predicted octanol–water partition coefficient (Wildman–Crippen LogP) is 5.50. The Balaban J connectivity index is 2.11. The lowest BCUT2D eigenvalue weighted by Gasteiger charge is -2.30. The van der Waals surface area contributed by atoms with Gasteiger partial charge in [0.15, 0.2) is 0 Å². The van der Waals surface area contributed by atoms with Gasteiger partial charge in [0, 0.05) is 11.2 Å². The molecule has 1 unspecified atom stereocenters. The van der Waals surface area contributed by atoms with Gasteiger partial charge in [-0.1, -0.05) is 52.3 Å². The van der Waals surface area contributed by atoms with E-state index in [1.165, 1.54) is 34.9 Å². The van der Waals surface area contributed by atoms with E-state index in [-0.39, 0.29) is 0 Å². The SMILES string of the molecule is CCCC(C)(CNCC(C)C)Cc1csc2ccccc12. The maximum atomic E-state index is 3.67. The first kappa shape index (κ1) is 16.5. The fourth-order valence-electron chi connectivity index (χ4n) is 3.13. The lowest BCUT2D eigenvalue weighted by molar-refractivity contribution is 0.272. The van der Waals surface area contributed by atoms with Crippen molar-refractivity contribution in [3.05, 3.63) is 35.2 Å². The molecule has 2 heteroatoms. The molecule has 0 aliphatic heterocycles. The van der Waals surface area contributed by atoms with E-state index in [1.54, 1.807) is 0 Å². The van der Waals surface area contributed by atoms with Crippen LogP contribution in [0.5, 0.6) is 0 Å². The molecule has 21 heavy (non-hydrogen) atoms. The first-order chi connectivity index (χ1) is 10.0. The summed E-state index contributed by atoms with van der Waals surface area (Å²) < 4.78 is 1.42. The first-order valence-corrected chi connectivity index (χ1v) is 9.08. The van der Waals surface area contributed by atoms with Crippen LogP contribution in [0, 0.1) is 11.3 Å². The molecule has 2 aromatic rings. The van der Waals surface area contributed by atoms with Gasteiger partial charge in [0.05, 0.1) is 0 Å². The molecule has 0 bridgehead atoms. The number of hydrogen-bond donors (Lipinski definition) is 1. The third-order valence-corrected chi connectivity index (χ3v) is 5.15. The van der Waals surface area contributed by atoms with E-state index in [0.29, 0.717) is 5.41 Å². The number of rotatable bonds is 8. The van der Waals surface area contributed by atoms with Crippen molar-refractivity contribution in [2.24, 2.45) is 11.3 Å². The van der Waals surface area contributed by atoms with Crippen molar-refractivity contribution in [3.63, 3.8) is 0 Å². The fraction of sp³-hybridized carbons (Fsp3) is 0.579. The molecule has 1 aromatic heterocycles. The van der Waals surface area contributed by atoms with Crippen LogP contribution in [-0.4, -0.2) is 13.1 Å². The lowest BCUT2D eigenvalue weighted by Crippen LogP contribution is -2.35. The number of nitrogens with one attached hydrogen (secondary N) is 1. The first-order valence-electron chi connectivity index (χ1n) is 8.20. The van der Waals surface area contributed by atoms with Crippen LogP contribution in [0.4, 0.5) is 0 Å². The average molecular weight is 304 g/mol. The van der Waals surface area contributed by atoms with E-state index in [4.69, 9.17) is 0 Å². The van der Waals surface area contributed by atoms with Gasteiger partial charge < -0.3 is 5.32 Å². The minimum absolute atomic E-state index is 0.355. The molecule has 0 saturated heterocycles. The largest absolute Gasteiger partial charge is 0.316 e. The van der Waals surface area contributed by atoms with Gasteiger partial charge in [0.1, 0.15) is 0 Å². The molecule has 0 aliphatic carbocycles. The van der Waals surface area contributed by atoms with Crippen LogP contribution < -0.4 is 5.32 Å². The maximum Gasteiger partial charge on any atom is 0.0345 e. The van der Waals surface area contributed by atoms with Crippen LogP contribution in [-0.2, 0) is 6.42 Å². The Morgan fingerprint density at radius 3 is 2.71 bits per heavy atom. The van der Waals surface area contributed by atoms with E-state index in [2.05, 4.69) is 62.7 Å². The Morgan fingerprint density at radius 2 is 2.00 bits per heavy atom. The monoisotopic (exact) mass is 303 g/mol. The highest BCUT2D eigenvalue weighted by Gasteiger charge is 2.24. The molecule has 0 radical (unpaired) electrons. The number of thiophene rings is 1. The third-order valence-electron chi connectivity index (χ3n) is 4.14.